The lowest BCUT2D eigenvalue weighted by atomic mass is 9.81. The van der Waals surface area contributed by atoms with Gasteiger partial charge in [0.1, 0.15) is 0 Å². The van der Waals surface area contributed by atoms with Crippen molar-refractivity contribution in [1.29, 1.82) is 0 Å². The van der Waals surface area contributed by atoms with Crippen LogP contribution in [0.5, 0.6) is 0 Å². The molecule has 0 unspecified atom stereocenters. The Morgan fingerprint density at radius 2 is 1.91 bits per heavy atom. The lowest BCUT2D eigenvalue weighted by molar-refractivity contribution is -0.115. The third-order valence-corrected chi connectivity index (χ3v) is 7.07. The normalized spacial score (nSPS) is 13.4. The molecule has 2 heterocycles. The Balaban J connectivity index is 1.33. The second-order valence-electron chi connectivity index (χ2n) is 8.98. The quantitative estimate of drug-likeness (QED) is 0.490. The minimum absolute atomic E-state index is 0.00894. The van der Waals surface area contributed by atoms with Gasteiger partial charge in [-0.2, -0.15) is 0 Å². The van der Waals surface area contributed by atoms with Crippen molar-refractivity contribution in [3.63, 3.8) is 0 Å². The lowest BCUT2D eigenvalue weighted by Gasteiger charge is -2.33. The average molecular weight is 463 g/mol. The van der Waals surface area contributed by atoms with Gasteiger partial charge in [-0.05, 0) is 48.1 Å². The molecular formula is C26H30N4O2S. The molecular weight excluding hydrogens is 432 g/mol. The van der Waals surface area contributed by atoms with Crippen LogP contribution in [-0.4, -0.2) is 36.4 Å². The van der Waals surface area contributed by atoms with Crippen molar-refractivity contribution in [3.8, 4) is 11.3 Å². The van der Waals surface area contributed by atoms with Crippen molar-refractivity contribution in [2.24, 2.45) is 0 Å². The van der Waals surface area contributed by atoms with Gasteiger partial charge >= 0.3 is 0 Å². The smallest absolute Gasteiger partial charge is 0.251 e. The number of amides is 2. The van der Waals surface area contributed by atoms with E-state index in [0.717, 1.165) is 36.3 Å². The molecule has 0 atom stereocenters. The fraction of sp³-hybridized carbons (Fsp3) is 0.346. The topological polar surface area (TPSA) is 74.3 Å². The molecule has 33 heavy (non-hydrogen) atoms. The molecule has 1 saturated heterocycles. The maximum Gasteiger partial charge on any atom is 0.251 e. The van der Waals surface area contributed by atoms with E-state index in [1.807, 2.05) is 35.7 Å². The number of carbonyl (C=O) groups excluding carboxylic acids is 2. The molecule has 1 aliphatic heterocycles. The summed E-state index contributed by atoms with van der Waals surface area (Å²) >= 11 is 1.38. The fourth-order valence-corrected chi connectivity index (χ4v) is 4.35. The van der Waals surface area contributed by atoms with E-state index in [2.05, 4.69) is 53.4 Å². The molecule has 2 N–H and O–H groups in total. The van der Waals surface area contributed by atoms with Crippen molar-refractivity contribution < 1.29 is 9.59 Å². The second kappa shape index (κ2) is 9.75. The van der Waals surface area contributed by atoms with E-state index in [4.69, 9.17) is 0 Å². The number of carbonyl (C=O) groups is 2. The molecule has 1 aliphatic rings. The number of thiazole rings is 1. The average Bonchev–Trinajstić information content (AvgIpc) is 3.25. The van der Waals surface area contributed by atoms with Crippen molar-refractivity contribution in [2.75, 3.05) is 29.9 Å². The highest BCUT2D eigenvalue weighted by atomic mass is 32.1. The van der Waals surface area contributed by atoms with Gasteiger partial charge in [-0.3, -0.25) is 9.59 Å². The highest BCUT2D eigenvalue weighted by Crippen LogP contribution is 2.30. The highest BCUT2D eigenvalue weighted by molar-refractivity contribution is 7.14. The molecule has 2 amide bonds. The van der Waals surface area contributed by atoms with Gasteiger partial charge in [0.05, 0.1) is 12.2 Å². The van der Waals surface area contributed by atoms with Crippen LogP contribution < -0.4 is 15.5 Å². The second-order valence-corrected chi connectivity index (χ2v) is 9.84. The van der Waals surface area contributed by atoms with Gasteiger partial charge in [0.2, 0.25) is 5.91 Å². The van der Waals surface area contributed by atoms with Crippen molar-refractivity contribution in [1.82, 2.24) is 10.3 Å². The van der Waals surface area contributed by atoms with Crippen LogP contribution in [-0.2, 0) is 10.2 Å². The van der Waals surface area contributed by atoms with Crippen LogP contribution in [0.4, 0.5) is 10.8 Å². The SMILES string of the molecule is CCC(C)(C)c1cccc(C(=O)NCC(=O)Nc2nc(-c3cccc(N4CCC4)c3)cs2)c1. The Bertz CT molecular complexity index is 1150. The van der Waals surface area contributed by atoms with Gasteiger partial charge in [-0.15, -0.1) is 11.3 Å². The molecule has 1 aromatic heterocycles. The van der Waals surface area contributed by atoms with Crippen LogP contribution >= 0.6 is 11.3 Å². The summed E-state index contributed by atoms with van der Waals surface area (Å²) in [5.41, 5.74) is 4.71. The Morgan fingerprint density at radius 1 is 1.12 bits per heavy atom. The molecule has 0 spiro atoms. The maximum atomic E-state index is 12.6. The molecule has 2 aromatic carbocycles. The summed E-state index contributed by atoms with van der Waals surface area (Å²) in [6, 6.07) is 15.9. The Kier molecular flexibility index (Phi) is 6.79. The molecule has 7 heteroatoms. The van der Waals surface area contributed by atoms with Gasteiger partial charge in [0.15, 0.2) is 5.13 Å². The van der Waals surface area contributed by atoms with Crippen LogP contribution in [0.2, 0.25) is 0 Å². The summed E-state index contributed by atoms with van der Waals surface area (Å²) < 4.78 is 0. The van der Waals surface area contributed by atoms with E-state index in [9.17, 15) is 9.59 Å². The first kappa shape index (κ1) is 23.0. The first-order valence-corrected chi connectivity index (χ1v) is 12.2. The Hall–Kier alpha value is -3.19. The Labute approximate surface area is 199 Å². The summed E-state index contributed by atoms with van der Waals surface area (Å²) in [4.78, 5) is 31.8. The van der Waals surface area contributed by atoms with Crippen LogP contribution in [0.1, 0.15) is 49.5 Å². The predicted octanol–water partition coefficient (Wildman–Crippen LogP) is 5.08. The standard InChI is InChI=1S/C26H30N4O2S/c1-4-26(2,3)20-10-5-9-19(14-20)24(32)27-16-23(31)29-25-28-22(17-33-25)18-8-6-11-21(15-18)30-12-7-13-30/h5-6,8-11,14-15,17H,4,7,12-13,16H2,1-3H3,(H,27,32)(H,28,29,31). The molecule has 0 radical (unpaired) electrons. The zero-order chi connectivity index (χ0) is 23.4. The summed E-state index contributed by atoms with van der Waals surface area (Å²) in [5.74, 6) is -0.565. The number of nitrogens with zero attached hydrogens (tertiary/aromatic N) is 2. The monoisotopic (exact) mass is 462 g/mol. The predicted molar refractivity (Wildman–Crippen MR) is 135 cm³/mol. The number of anilines is 2. The number of hydrogen-bond donors (Lipinski definition) is 2. The third-order valence-electron chi connectivity index (χ3n) is 6.31. The molecule has 6 nitrogen and oxygen atoms in total. The van der Waals surface area contributed by atoms with Crippen molar-refractivity contribution in [2.45, 2.75) is 39.0 Å². The summed E-state index contributed by atoms with van der Waals surface area (Å²) in [5, 5.41) is 7.95. The molecule has 4 rings (SSSR count). The van der Waals surface area contributed by atoms with Gasteiger partial charge in [-0.1, -0.05) is 45.0 Å². The summed E-state index contributed by atoms with van der Waals surface area (Å²) in [7, 11) is 0. The summed E-state index contributed by atoms with van der Waals surface area (Å²) in [6.07, 6.45) is 2.20. The maximum absolute atomic E-state index is 12.6. The Morgan fingerprint density at radius 3 is 2.64 bits per heavy atom. The molecule has 0 bridgehead atoms. The first-order valence-electron chi connectivity index (χ1n) is 11.4. The summed E-state index contributed by atoms with van der Waals surface area (Å²) in [6.45, 7) is 8.51. The van der Waals surface area contributed by atoms with E-state index < -0.39 is 0 Å². The van der Waals surface area contributed by atoms with Crippen LogP contribution in [0.3, 0.4) is 0 Å². The fourth-order valence-electron chi connectivity index (χ4n) is 3.61. The van der Waals surface area contributed by atoms with E-state index in [1.54, 1.807) is 6.07 Å². The number of hydrogen-bond acceptors (Lipinski definition) is 5. The van der Waals surface area contributed by atoms with E-state index >= 15 is 0 Å². The van der Waals surface area contributed by atoms with Crippen LogP contribution in [0.15, 0.2) is 53.9 Å². The third kappa shape index (κ3) is 5.42. The van der Waals surface area contributed by atoms with Gasteiger partial charge in [0.25, 0.3) is 5.91 Å². The van der Waals surface area contributed by atoms with Gasteiger partial charge in [-0.25, -0.2) is 4.98 Å². The largest absolute Gasteiger partial charge is 0.371 e. The van der Waals surface area contributed by atoms with E-state index in [0.29, 0.717) is 10.7 Å². The van der Waals surface area contributed by atoms with E-state index in [-0.39, 0.29) is 23.8 Å². The van der Waals surface area contributed by atoms with Crippen LogP contribution in [0.25, 0.3) is 11.3 Å². The lowest BCUT2D eigenvalue weighted by Crippen LogP contribution is -2.36. The zero-order valence-electron chi connectivity index (χ0n) is 19.4. The van der Waals surface area contributed by atoms with Crippen molar-refractivity contribution in [3.05, 3.63) is 65.0 Å². The molecule has 172 valence electrons. The number of benzene rings is 2. The first-order chi connectivity index (χ1) is 15.9. The van der Waals surface area contributed by atoms with E-state index in [1.165, 1.54) is 23.4 Å². The molecule has 0 aliphatic carbocycles. The van der Waals surface area contributed by atoms with Crippen molar-refractivity contribution >= 4 is 34.0 Å². The molecule has 1 fully saturated rings. The zero-order valence-corrected chi connectivity index (χ0v) is 20.2. The number of aromatic nitrogens is 1. The van der Waals surface area contributed by atoms with Crippen LogP contribution in [0, 0.1) is 0 Å². The molecule has 3 aromatic rings. The number of rotatable bonds is 8. The number of nitrogens with one attached hydrogen (secondary N) is 2. The molecule has 0 saturated carbocycles. The minimum atomic E-state index is -0.302. The highest BCUT2D eigenvalue weighted by Gasteiger charge is 2.20. The van der Waals surface area contributed by atoms with Gasteiger partial charge in [0, 0.05) is 35.3 Å². The minimum Gasteiger partial charge on any atom is -0.371 e. The van der Waals surface area contributed by atoms with Gasteiger partial charge < -0.3 is 15.5 Å².